The van der Waals surface area contributed by atoms with Crippen LogP contribution < -0.4 is 4.74 Å². The summed E-state index contributed by atoms with van der Waals surface area (Å²) in [7, 11) is -3.96. The molecule has 0 fully saturated rings. The number of sulfone groups is 1. The van der Waals surface area contributed by atoms with Gasteiger partial charge < -0.3 is 4.74 Å². The summed E-state index contributed by atoms with van der Waals surface area (Å²) in [5, 5.41) is 12.9. The van der Waals surface area contributed by atoms with E-state index in [1.54, 1.807) is 0 Å². The predicted molar refractivity (Wildman–Crippen MR) is 122 cm³/mol. The number of rotatable bonds is 9. The van der Waals surface area contributed by atoms with Crippen molar-refractivity contribution in [2.24, 2.45) is 0 Å². The summed E-state index contributed by atoms with van der Waals surface area (Å²) >= 11 is 6.23. The summed E-state index contributed by atoms with van der Waals surface area (Å²) in [6.07, 6.45) is 0.0283. The van der Waals surface area contributed by atoms with Crippen LogP contribution in [0.15, 0.2) is 65.6 Å². The molecule has 0 aliphatic rings. The Bertz CT molecular complexity index is 1480. The second-order valence-electron chi connectivity index (χ2n) is 7.77. The highest BCUT2D eigenvalue weighted by molar-refractivity contribution is 7.90. The first-order chi connectivity index (χ1) is 17.1. The van der Waals surface area contributed by atoms with Crippen molar-refractivity contribution in [1.29, 1.82) is 0 Å². The predicted octanol–water partition coefficient (Wildman–Crippen LogP) is 5.41. The molecule has 3 aromatic carbocycles. The maximum Gasteiger partial charge on any atom is 0.301 e. The molecule has 1 aromatic heterocycles. The first kappa shape index (κ1) is 25.6. The van der Waals surface area contributed by atoms with Crippen LogP contribution in [0.1, 0.15) is 22.5 Å². The van der Waals surface area contributed by atoms with E-state index >= 15 is 0 Å². The van der Waals surface area contributed by atoms with Gasteiger partial charge in [-0.2, -0.15) is 8.78 Å². The Morgan fingerprint density at radius 3 is 2.50 bits per heavy atom. The molecule has 4 aromatic rings. The van der Waals surface area contributed by atoms with Crippen molar-refractivity contribution < 1.29 is 30.7 Å². The SMILES string of the molecule is O=S(=O)(Cc1ccccc1F)c1ccc(Oc2cc(Cc3nnn[nH]3)cc(C(F)(F)CF)c2)c(Cl)c1. The van der Waals surface area contributed by atoms with Crippen LogP contribution in [-0.2, 0) is 27.9 Å². The first-order valence-corrected chi connectivity index (χ1v) is 12.3. The number of H-pyrrole nitrogens is 1. The summed E-state index contributed by atoms with van der Waals surface area (Å²) < 4.78 is 86.3. The Morgan fingerprint density at radius 2 is 1.83 bits per heavy atom. The molecule has 7 nitrogen and oxygen atoms in total. The zero-order chi connectivity index (χ0) is 25.9. The van der Waals surface area contributed by atoms with Crippen molar-refractivity contribution in [1.82, 2.24) is 20.6 Å². The smallest absolute Gasteiger partial charge is 0.301 e. The molecule has 13 heteroatoms. The van der Waals surface area contributed by atoms with Gasteiger partial charge in [0.2, 0.25) is 0 Å². The van der Waals surface area contributed by atoms with Crippen LogP contribution in [0, 0.1) is 5.82 Å². The standard InChI is InChI=1S/C23H17ClF4N4O3S/c24-19-11-18(36(33,34)12-15-3-1-2-4-20(15)26)5-6-21(19)35-17-8-14(9-22-29-31-32-30-22)7-16(10-17)23(27,28)13-25/h1-8,10-11H,9,12-13H2,(H,29,30,31,32). The van der Waals surface area contributed by atoms with E-state index in [9.17, 15) is 26.0 Å². The third kappa shape index (κ3) is 5.82. The molecule has 4 rings (SSSR count). The van der Waals surface area contributed by atoms with Crippen LogP contribution in [0.4, 0.5) is 17.6 Å². The molecule has 0 bridgehead atoms. The molecule has 1 heterocycles. The number of alkyl halides is 3. The molecule has 0 aliphatic heterocycles. The number of halogens is 5. The normalized spacial score (nSPS) is 12.0. The van der Waals surface area contributed by atoms with Crippen LogP contribution in [-0.4, -0.2) is 35.7 Å². The number of ether oxygens (including phenoxy) is 1. The summed E-state index contributed by atoms with van der Waals surface area (Å²) in [4.78, 5) is -0.181. The topological polar surface area (TPSA) is 97.8 Å². The zero-order valence-corrected chi connectivity index (χ0v) is 19.8. The quantitative estimate of drug-likeness (QED) is 0.285. The molecular formula is C23H17ClF4N4O3S. The lowest BCUT2D eigenvalue weighted by molar-refractivity contribution is -0.0282. The number of hydrogen-bond acceptors (Lipinski definition) is 6. The Hall–Kier alpha value is -3.51. The molecule has 36 heavy (non-hydrogen) atoms. The van der Waals surface area contributed by atoms with Gasteiger partial charge in [-0.15, -0.1) is 5.10 Å². The number of aromatic amines is 1. The molecule has 0 saturated heterocycles. The molecule has 0 unspecified atom stereocenters. The third-order valence-electron chi connectivity index (χ3n) is 5.11. The van der Waals surface area contributed by atoms with Crippen molar-refractivity contribution in [3.8, 4) is 11.5 Å². The average molecular weight is 541 g/mol. The lowest BCUT2D eigenvalue weighted by atomic mass is 10.0. The average Bonchev–Trinajstić information content (AvgIpc) is 3.34. The van der Waals surface area contributed by atoms with Gasteiger partial charge in [-0.1, -0.05) is 29.8 Å². The van der Waals surface area contributed by atoms with E-state index in [0.717, 1.165) is 24.3 Å². The Kier molecular flexibility index (Phi) is 7.27. The maximum absolute atomic E-state index is 14.1. The highest BCUT2D eigenvalue weighted by Crippen LogP contribution is 2.36. The van der Waals surface area contributed by atoms with E-state index < -0.39 is 39.6 Å². The van der Waals surface area contributed by atoms with E-state index in [-0.39, 0.29) is 39.2 Å². The van der Waals surface area contributed by atoms with Crippen LogP contribution in [0.25, 0.3) is 0 Å². The molecule has 0 spiro atoms. The number of nitrogens with one attached hydrogen (secondary N) is 1. The maximum atomic E-state index is 14.1. The van der Waals surface area contributed by atoms with Gasteiger partial charge in [-0.25, -0.2) is 22.3 Å². The highest BCUT2D eigenvalue weighted by Gasteiger charge is 2.32. The van der Waals surface area contributed by atoms with E-state index in [1.807, 2.05) is 0 Å². The molecule has 0 amide bonds. The van der Waals surface area contributed by atoms with Crippen molar-refractivity contribution in [3.63, 3.8) is 0 Å². The van der Waals surface area contributed by atoms with Gasteiger partial charge >= 0.3 is 5.92 Å². The zero-order valence-electron chi connectivity index (χ0n) is 18.3. The molecule has 0 aliphatic carbocycles. The summed E-state index contributed by atoms with van der Waals surface area (Å²) in [5.41, 5.74) is -0.339. The van der Waals surface area contributed by atoms with Gasteiger partial charge in [-0.05, 0) is 58.5 Å². The van der Waals surface area contributed by atoms with Crippen LogP contribution in [0.5, 0.6) is 11.5 Å². The third-order valence-corrected chi connectivity index (χ3v) is 7.07. The molecule has 1 N–H and O–H groups in total. The molecule has 0 atom stereocenters. The fraction of sp³-hybridized carbons (Fsp3) is 0.174. The number of nitrogens with zero attached hydrogens (tertiary/aromatic N) is 3. The van der Waals surface area contributed by atoms with Crippen LogP contribution >= 0.6 is 11.6 Å². The van der Waals surface area contributed by atoms with Crippen molar-refractivity contribution in [3.05, 3.63) is 94.0 Å². The van der Waals surface area contributed by atoms with Crippen molar-refractivity contribution in [2.45, 2.75) is 23.0 Å². The van der Waals surface area contributed by atoms with E-state index in [0.29, 0.717) is 5.56 Å². The second-order valence-corrected chi connectivity index (χ2v) is 10.2. The molecule has 0 saturated carbocycles. The number of benzene rings is 3. The van der Waals surface area contributed by atoms with Gasteiger partial charge in [-0.3, -0.25) is 0 Å². The van der Waals surface area contributed by atoms with Crippen molar-refractivity contribution in [2.75, 3.05) is 6.67 Å². The number of aromatic nitrogens is 4. The largest absolute Gasteiger partial charge is 0.456 e. The molecule has 0 radical (unpaired) electrons. The Labute approximate surface area is 208 Å². The minimum absolute atomic E-state index is 0.00552. The highest BCUT2D eigenvalue weighted by atomic mass is 35.5. The lowest BCUT2D eigenvalue weighted by Gasteiger charge is -2.17. The van der Waals surface area contributed by atoms with Crippen LogP contribution in [0.3, 0.4) is 0 Å². The first-order valence-electron chi connectivity index (χ1n) is 10.3. The van der Waals surface area contributed by atoms with E-state index in [4.69, 9.17) is 16.3 Å². The monoisotopic (exact) mass is 540 g/mol. The van der Waals surface area contributed by atoms with Gasteiger partial charge in [0, 0.05) is 17.5 Å². The fourth-order valence-electron chi connectivity index (χ4n) is 3.35. The fourth-order valence-corrected chi connectivity index (χ4v) is 5.01. The minimum atomic E-state index is -3.96. The summed E-state index contributed by atoms with van der Waals surface area (Å²) in [6, 6.07) is 12.5. The second kappa shape index (κ2) is 10.2. The van der Waals surface area contributed by atoms with E-state index in [2.05, 4.69) is 20.6 Å². The molecule has 188 valence electrons. The minimum Gasteiger partial charge on any atom is -0.456 e. The van der Waals surface area contributed by atoms with Gasteiger partial charge in [0.1, 0.15) is 17.3 Å². The molecular weight excluding hydrogens is 524 g/mol. The summed E-state index contributed by atoms with van der Waals surface area (Å²) in [6.45, 7) is -1.92. The number of tetrazole rings is 1. The van der Waals surface area contributed by atoms with Gasteiger partial charge in [0.25, 0.3) is 0 Å². The summed E-state index contributed by atoms with van der Waals surface area (Å²) in [5.74, 6) is -4.86. The van der Waals surface area contributed by atoms with Gasteiger partial charge in [0.05, 0.1) is 15.7 Å². The van der Waals surface area contributed by atoms with Crippen LogP contribution in [0.2, 0.25) is 5.02 Å². The Balaban J connectivity index is 1.62. The lowest BCUT2D eigenvalue weighted by Crippen LogP contribution is -2.16. The Morgan fingerprint density at radius 1 is 1.06 bits per heavy atom. The number of hydrogen-bond donors (Lipinski definition) is 1. The van der Waals surface area contributed by atoms with Gasteiger partial charge in [0.15, 0.2) is 22.3 Å². The van der Waals surface area contributed by atoms with E-state index in [1.165, 1.54) is 36.4 Å². The van der Waals surface area contributed by atoms with Crippen molar-refractivity contribution >= 4 is 21.4 Å².